The normalized spacial score (nSPS) is 14.2. The minimum atomic E-state index is -0.885. The minimum Gasteiger partial charge on any atom is -0.483 e. The van der Waals surface area contributed by atoms with Gasteiger partial charge in [0.2, 0.25) is 0 Å². The first-order valence-electron chi connectivity index (χ1n) is 7.84. The monoisotopic (exact) mass is 426 g/mol. The Bertz CT molecular complexity index is 704. The summed E-state index contributed by atoms with van der Waals surface area (Å²) in [5.74, 6) is -1.40. The second-order valence-corrected chi connectivity index (χ2v) is 6.16. The van der Waals surface area contributed by atoms with Crippen molar-refractivity contribution < 1.29 is 23.9 Å². The maximum atomic E-state index is 12.2. The number of morpholine rings is 1. The van der Waals surface area contributed by atoms with Gasteiger partial charge in [0.05, 0.1) is 19.4 Å². The van der Waals surface area contributed by atoms with E-state index in [1.54, 1.807) is 23.1 Å². The van der Waals surface area contributed by atoms with Crippen LogP contribution in [0.4, 0.5) is 0 Å². The highest BCUT2D eigenvalue weighted by Crippen LogP contribution is 2.22. The van der Waals surface area contributed by atoms with E-state index >= 15 is 0 Å². The lowest BCUT2D eigenvalue weighted by molar-refractivity contribution is -0.138. The Balaban J connectivity index is 1.99. The average molecular weight is 427 g/mol. The van der Waals surface area contributed by atoms with Crippen LogP contribution in [0.15, 0.2) is 27.8 Å². The molecule has 0 atom stereocenters. The van der Waals surface area contributed by atoms with Crippen LogP contribution in [0.25, 0.3) is 0 Å². The van der Waals surface area contributed by atoms with Gasteiger partial charge in [0, 0.05) is 30.2 Å². The van der Waals surface area contributed by atoms with E-state index in [-0.39, 0.29) is 12.5 Å². The van der Waals surface area contributed by atoms with Crippen molar-refractivity contribution in [3.05, 3.63) is 28.2 Å². The van der Waals surface area contributed by atoms with Gasteiger partial charge in [-0.2, -0.15) is 5.10 Å². The average Bonchev–Trinajstić information content (AvgIpc) is 2.67. The highest BCUT2D eigenvalue weighted by Gasteiger charge is 2.17. The number of ether oxygens (including phenoxy) is 2. The number of nitrogens with one attached hydrogen (secondary N) is 2. The van der Waals surface area contributed by atoms with Gasteiger partial charge in [0.1, 0.15) is 5.75 Å². The lowest BCUT2D eigenvalue weighted by atomic mass is 10.2. The molecule has 1 aromatic carbocycles. The summed E-state index contributed by atoms with van der Waals surface area (Å²) >= 11 is 3.34. The predicted octanol–water partition coefficient (Wildman–Crippen LogP) is -0.117. The van der Waals surface area contributed by atoms with E-state index in [9.17, 15) is 14.4 Å². The number of hydrazone groups is 1. The fourth-order valence-electron chi connectivity index (χ4n) is 2.12. The Kier molecular flexibility index (Phi) is 7.54. The van der Waals surface area contributed by atoms with E-state index in [4.69, 9.17) is 9.47 Å². The van der Waals surface area contributed by atoms with E-state index in [0.717, 1.165) is 4.47 Å². The number of amides is 3. The van der Waals surface area contributed by atoms with Gasteiger partial charge in [-0.1, -0.05) is 15.9 Å². The van der Waals surface area contributed by atoms with Crippen molar-refractivity contribution >= 4 is 39.9 Å². The zero-order valence-corrected chi connectivity index (χ0v) is 15.7. The van der Waals surface area contributed by atoms with Gasteiger partial charge >= 0.3 is 11.8 Å². The maximum absolute atomic E-state index is 12.2. The van der Waals surface area contributed by atoms with Gasteiger partial charge in [-0.05, 0) is 18.2 Å². The third-order valence-electron chi connectivity index (χ3n) is 3.49. The number of halogens is 1. The molecule has 0 aliphatic carbocycles. The Hall–Kier alpha value is -2.46. The van der Waals surface area contributed by atoms with E-state index < -0.39 is 11.8 Å². The van der Waals surface area contributed by atoms with Crippen LogP contribution in [0.2, 0.25) is 0 Å². The fourth-order valence-corrected chi connectivity index (χ4v) is 2.50. The summed E-state index contributed by atoms with van der Waals surface area (Å²) in [6, 6.07) is 5.15. The van der Waals surface area contributed by atoms with Crippen molar-refractivity contribution in [1.82, 2.24) is 15.6 Å². The lowest BCUT2D eigenvalue weighted by Gasteiger charge is -2.26. The van der Waals surface area contributed by atoms with Crippen LogP contribution < -0.4 is 15.5 Å². The molecule has 0 saturated carbocycles. The molecule has 140 valence electrons. The quantitative estimate of drug-likeness (QED) is 0.387. The Morgan fingerprint density at radius 2 is 2.04 bits per heavy atom. The van der Waals surface area contributed by atoms with Crippen molar-refractivity contribution in [2.45, 2.75) is 0 Å². The summed E-state index contributed by atoms with van der Waals surface area (Å²) in [6.45, 7) is 2.01. The number of nitrogens with zero attached hydrogens (tertiary/aromatic N) is 2. The number of hydrogen-bond donors (Lipinski definition) is 2. The summed E-state index contributed by atoms with van der Waals surface area (Å²) in [7, 11) is 1.34. The number of likely N-dealkylation sites (N-methyl/N-ethyl adjacent to an activating group) is 1. The Morgan fingerprint density at radius 1 is 1.31 bits per heavy atom. The van der Waals surface area contributed by atoms with Gasteiger partial charge in [0.25, 0.3) is 5.91 Å². The molecule has 0 aromatic heterocycles. The summed E-state index contributed by atoms with van der Waals surface area (Å²) in [6.07, 6.45) is 1.33. The molecule has 0 radical (unpaired) electrons. The topological polar surface area (TPSA) is 109 Å². The molecule has 26 heavy (non-hydrogen) atoms. The summed E-state index contributed by atoms with van der Waals surface area (Å²) in [5.41, 5.74) is 2.64. The second-order valence-electron chi connectivity index (χ2n) is 5.24. The SMILES string of the molecule is CNC(=O)C(=O)N/N=C\c1cc(Br)ccc1OCC(=O)N1CCOCC1. The number of carbonyl (C=O) groups excluding carboxylic acids is 3. The molecule has 2 N–H and O–H groups in total. The molecular formula is C16H19BrN4O5. The molecule has 0 unspecified atom stereocenters. The van der Waals surface area contributed by atoms with Crippen molar-refractivity contribution in [3.8, 4) is 5.75 Å². The third-order valence-corrected chi connectivity index (χ3v) is 3.98. The van der Waals surface area contributed by atoms with Crippen molar-refractivity contribution in [1.29, 1.82) is 0 Å². The van der Waals surface area contributed by atoms with Crippen molar-refractivity contribution in [2.75, 3.05) is 40.0 Å². The van der Waals surface area contributed by atoms with Crippen molar-refractivity contribution in [3.63, 3.8) is 0 Å². The zero-order valence-electron chi connectivity index (χ0n) is 14.2. The summed E-state index contributed by atoms with van der Waals surface area (Å²) in [5, 5.41) is 5.92. The number of rotatable bonds is 5. The molecule has 1 heterocycles. The van der Waals surface area contributed by atoms with E-state index in [1.807, 2.05) is 0 Å². The van der Waals surface area contributed by atoms with Crippen LogP contribution in [0, 0.1) is 0 Å². The van der Waals surface area contributed by atoms with E-state index in [1.165, 1.54) is 13.3 Å². The number of benzene rings is 1. The van der Waals surface area contributed by atoms with E-state index in [0.29, 0.717) is 37.6 Å². The molecule has 1 aliphatic rings. The molecule has 0 spiro atoms. The first-order chi connectivity index (χ1) is 12.5. The largest absolute Gasteiger partial charge is 0.483 e. The zero-order chi connectivity index (χ0) is 18.9. The van der Waals surface area contributed by atoms with Crippen LogP contribution in [-0.2, 0) is 19.1 Å². The summed E-state index contributed by atoms with van der Waals surface area (Å²) in [4.78, 5) is 36.3. The first kappa shape index (κ1) is 19.9. The smallest absolute Gasteiger partial charge is 0.329 e. The van der Waals surface area contributed by atoms with Gasteiger partial charge in [-0.15, -0.1) is 0 Å². The highest BCUT2D eigenvalue weighted by molar-refractivity contribution is 9.10. The maximum Gasteiger partial charge on any atom is 0.329 e. The molecule has 2 rings (SSSR count). The Labute approximate surface area is 158 Å². The molecular weight excluding hydrogens is 408 g/mol. The first-order valence-corrected chi connectivity index (χ1v) is 8.63. The number of hydrogen-bond acceptors (Lipinski definition) is 6. The van der Waals surface area contributed by atoms with Crippen LogP contribution in [0.1, 0.15) is 5.56 Å². The van der Waals surface area contributed by atoms with Gasteiger partial charge in [0.15, 0.2) is 6.61 Å². The van der Waals surface area contributed by atoms with Gasteiger partial charge in [-0.3, -0.25) is 14.4 Å². The molecule has 10 heteroatoms. The molecule has 9 nitrogen and oxygen atoms in total. The molecule has 1 aliphatic heterocycles. The lowest BCUT2D eigenvalue weighted by Crippen LogP contribution is -2.43. The number of carbonyl (C=O) groups is 3. The van der Waals surface area contributed by atoms with Crippen LogP contribution >= 0.6 is 15.9 Å². The van der Waals surface area contributed by atoms with Gasteiger partial charge < -0.3 is 19.7 Å². The van der Waals surface area contributed by atoms with Crippen LogP contribution in [-0.4, -0.2) is 68.8 Å². The van der Waals surface area contributed by atoms with E-state index in [2.05, 4.69) is 31.8 Å². The predicted molar refractivity (Wildman–Crippen MR) is 96.8 cm³/mol. The summed E-state index contributed by atoms with van der Waals surface area (Å²) < 4.78 is 11.6. The molecule has 0 bridgehead atoms. The fraction of sp³-hybridized carbons (Fsp3) is 0.375. The minimum absolute atomic E-state index is 0.118. The highest BCUT2D eigenvalue weighted by atomic mass is 79.9. The standard InChI is InChI=1S/C16H19BrN4O5/c1-18-15(23)16(24)20-19-9-11-8-12(17)2-3-13(11)26-10-14(22)21-4-6-25-7-5-21/h2-3,8-9H,4-7,10H2,1H3,(H,18,23)(H,20,24)/b19-9-. The van der Waals surface area contributed by atoms with Gasteiger partial charge in [-0.25, -0.2) is 5.43 Å². The molecule has 1 aromatic rings. The van der Waals surface area contributed by atoms with Crippen LogP contribution in [0.5, 0.6) is 5.75 Å². The molecule has 3 amide bonds. The second kappa shape index (κ2) is 9.88. The third kappa shape index (κ3) is 5.81. The Morgan fingerprint density at radius 3 is 2.73 bits per heavy atom. The molecule has 1 saturated heterocycles. The molecule has 1 fully saturated rings. The van der Waals surface area contributed by atoms with Crippen LogP contribution in [0.3, 0.4) is 0 Å². The van der Waals surface area contributed by atoms with Crippen molar-refractivity contribution in [2.24, 2.45) is 5.10 Å².